The van der Waals surface area contributed by atoms with Crippen LogP contribution < -0.4 is 5.14 Å². The van der Waals surface area contributed by atoms with Gasteiger partial charge < -0.3 is 0 Å². The van der Waals surface area contributed by atoms with Crippen molar-refractivity contribution in [1.29, 1.82) is 0 Å². The molecule has 1 aromatic carbocycles. The van der Waals surface area contributed by atoms with Gasteiger partial charge in [0.15, 0.2) is 0 Å². The lowest BCUT2D eigenvalue weighted by Gasteiger charge is -2.06. The highest BCUT2D eigenvalue weighted by atomic mass is 32.2. The number of nitrogens with two attached hydrogens (primary N) is 1. The topological polar surface area (TPSA) is 73.0 Å². The van der Waals surface area contributed by atoms with Crippen molar-refractivity contribution in [3.05, 3.63) is 63.6 Å². The first kappa shape index (κ1) is 16.7. The molecule has 130 valence electrons. The average molecular weight is 373 g/mol. The Hall–Kier alpha value is -1.76. The Kier molecular flexibility index (Phi) is 4.14. The molecule has 0 aliphatic heterocycles. The zero-order valence-corrected chi connectivity index (χ0v) is 15.6. The van der Waals surface area contributed by atoms with Crippen LogP contribution in [0.25, 0.3) is 5.57 Å². The highest BCUT2D eigenvalue weighted by Gasteiger charge is 2.42. The van der Waals surface area contributed by atoms with E-state index in [1.54, 1.807) is 12.1 Å². The van der Waals surface area contributed by atoms with Crippen LogP contribution in [-0.2, 0) is 10.0 Å². The molecule has 1 saturated carbocycles. The van der Waals surface area contributed by atoms with Crippen LogP contribution in [0.15, 0.2) is 47.4 Å². The minimum Gasteiger partial charge on any atom is -0.246 e. The van der Waals surface area contributed by atoms with E-state index in [0.717, 1.165) is 30.5 Å². The maximum Gasteiger partial charge on any atom is 0.238 e. The molecule has 0 bridgehead atoms. The van der Waals surface area contributed by atoms with E-state index in [1.165, 1.54) is 15.5 Å². The number of allylic oxidation sites excluding steroid dienone is 4. The second-order valence-corrected chi connectivity index (χ2v) is 9.28. The smallest absolute Gasteiger partial charge is 0.238 e. The fraction of sp³-hybridized carbons (Fsp3) is 0.316. The number of nitrogens with zero attached hydrogens (tertiary/aromatic N) is 1. The number of aromatic nitrogens is 1. The zero-order chi connectivity index (χ0) is 17.6. The molecule has 2 aromatic rings. The van der Waals surface area contributed by atoms with Gasteiger partial charge in [0.1, 0.15) is 0 Å². The van der Waals surface area contributed by atoms with Crippen LogP contribution in [0.5, 0.6) is 0 Å². The first-order valence-electron chi connectivity index (χ1n) is 8.39. The van der Waals surface area contributed by atoms with Gasteiger partial charge in [-0.05, 0) is 55.4 Å². The fourth-order valence-electron chi connectivity index (χ4n) is 3.41. The van der Waals surface area contributed by atoms with Gasteiger partial charge in [0.2, 0.25) is 10.0 Å². The van der Waals surface area contributed by atoms with Crippen molar-refractivity contribution in [2.75, 3.05) is 0 Å². The Morgan fingerprint density at radius 1 is 1.20 bits per heavy atom. The van der Waals surface area contributed by atoms with Gasteiger partial charge in [-0.25, -0.2) is 18.5 Å². The quantitative estimate of drug-likeness (QED) is 0.878. The van der Waals surface area contributed by atoms with Crippen LogP contribution in [0.4, 0.5) is 0 Å². The first-order valence-corrected chi connectivity index (χ1v) is 10.8. The Labute approximate surface area is 152 Å². The molecule has 1 aromatic heterocycles. The van der Waals surface area contributed by atoms with Crippen LogP contribution >= 0.6 is 11.3 Å². The second-order valence-electron chi connectivity index (χ2n) is 6.69. The van der Waals surface area contributed by atoms with Crippen molar-refractivity contribution >= 4 is 26.9 Å². The normalized spacial score (nSPS) is 22.7. The van der Waals surface area contributed by atoms with E-state index in [1.807, 2.05) is 23.5 Å². The monoisotopic (exact) mass is 372 g/mol. The minimum absolute atomic E-state index is 0.165. The molecule has 0 amide bonds. The molecule has 0 spiro atoms. The maximum absolute atomic E-state index is 11.4. The number of hydrogen-bond acceptors (Lipinski definition) is 4. The number of benzene rings is 1. The molecule has 2 aliphatic rings. The van der Waals surface area contributed by atoms with Gasteiger partial charge >= 0.3 is 0 Å². The van der Waals surface area contributed by atoms with Crippen LogP contribution in [0.2, 0.25) is 0 Å². The summed E-state index contributed by atoms with van der Waals surface area (Å²) < 4.78 is 22.7. The van der Waals surface area contributed by atoms with Gasteiger partial charge in [-0.3, -0.25) is 0 Å². The van der Waals surface area contributed by atoms with E-state index in [-0.39, 0.29) is 4.90 Å². The molecule has 2 N–H and O–H groups in total. The van der Waals surface area contributed by atoms with E-state index in [0.29, 0.717) is 11.8 Å². The molecule has 25 heavy (non-hydrogen) atoms. The van der Waals surface area contributed by atoms with Gasteiger partial charge in [-0.2, -0.15) is 0 Å². The molecule has 0 unspecified atom stereocenters. The lowest BCUT2D eigenvalue weighted by molar-refractivity contribution is 0.598. The number of aryl methyl sites for hydroxylation is 1. The molecular formula is C19H20N2O2S2. The summed E-state index contributed by atoms with van der Waals surface area (Å²) >= 11 is 1.81. The summed E-state index contributed by atoms with van der Waals surface area (Å²) in [6, 6.07) is 6.94. The summed E-state index contributed by atoms with van der Waals surface area (Å²) in [5.74, 6) is 0.866. The highest BCUT2D eigenvalue weighted by molar-refractivity contribution is 7.89. The number of thiazole rings is 1. The molecular weight excluding hydrogens is 352 g/mol. The minimum atomic E-state index is -3.63. The van der Waals surface area contributed by atoms with Crippen molar-refractivity contribution in [2.45, 2.75) is 42.9 Å². The van der Waals surface area contributed by atoms with Gasteiger partial charge in [0.05, 0.1) is 20.5 Å². The summed E-state index contributed by atoms with van der Waals surface area (Å²) in [6.45, 7) is 2.09. The third-order valence-electron chi connectivity index (χ3n) is 4.86. The number of sulfonamides is 1. The van der Waals surface area contributed by atoms with Gasteiger partial charge in [-0.1, -0.05) is 30.4 Å². The SMILES string of the molecule is Cc1nc([C@@H]2C[C@H]2c2ccc(S(N)(=O)=O)cc2)sc1C1=CC=CCC1. The first-order chi connectivity index (χ1) is 11.9. The van der Waals surface area contributed by atoms with E-state index in [2.05, 4.69) is 25.2 Å². The lowest BCUT2D eigenvalue weighted by Crippen LogP contribution is -2.11. The largest absolute Gasteiger partial charge is 0.246 e. The van der Waals surface area contributed by atoms with Gasteiger partial charge in [0.25, 0.3) is 0 Å². The maximum atomic E-state index is 11.4. The summed E-state index contributed by atoms with van der Waals surface area (Å²) in [7, 11) is -3.63. The van der Waals surface area contributed by atoms with E-state index < -0.39 is 10.0 Å². The molecule has 2 aliphatic carbocycles. The molecule has 0 saturated heterocycles. The molecule has 6 heteroatoms. The predicted octanol–water partition coefficient (Wildman–Crippen LogP) is 4.10. The zero-order valence-electron chi connectivity index (χ0n) is 14.0. The average Bonchev–Trinajstić information content (AvgIpc) is 3.31. The Bertz CT molecular complexity index is 969. The van der Waals surface area contributed by atoms with Crippen LogP contribution in [0, 0.1) is 6.92 Å². The summed E-state index contributed by atoms with van der Waals surface area (Å²) in [5, 5.41) is 6.36. The van der Waals surface area contributed by atoms with Crippen molar-refractivity contribution < 1.29 is 8.42 Å². The highest BCUT2D eigenvalue weighted by Crippen LogP contribution is 2.56. The Balaban J connectivity index is 1.54. The standard InChI is InChI=1S/C19H20N2O2S2/c1-12-18(14-5-3-2-4-6-14)24-19(21-12)17-11-16(17)13-7-9-15(10-8-13)25(20,22)23/h2-3,5,7-10,16-17H,4,6,11H2,1H3,(H2,20,22,23)/t16-,17+/m0/s1. The van der Waals surface area contributed by atoms with Crippen molar-refractivity contribution in [2.24, 2.45) is 5.14 Å². The molecule has 1 heterocycles. The lowest BCUT2D eigenvalue weighted by atomic mass is 10.0. The van der Waals surface area contributed by atoms with Gasteiger partial charge in [-0.15, -0.1) is 11.3 Å². The number of rotatable bonds is 4. The van der Waals surface area contributed by atoms with Crippen LogP contribution in [-0.4, -0.2) is 13.4 Å². The second kappa shape index (κ2) is 6.20. The summed E-state index contributed by atoms with van der Waals surface area (Å²) in [5.41, 5.74) is 3.67. The fourth-order valence-corrected chi connectivity index (χ4v) is 5.22. The van der Waals surface area contributed by atoms with E-state index in [9.17, 15) is 8.42 Å². The third-order valence-corrected chi connectivity index (χ3v) is 7.16. The number of primary sulfonamides is 1. The van der Waals surface area contributed by atoms with Crippen molar-refractivity contribution in [3.63, 3.8) is 0 Å². The molecule has 2 atom stereocenters. The molecule has 4 rings (SSSR count). The van der Waals surface area contributed by atoms with Gasteiger partial charge in [0, 0.05) is 5.92 Å². The Morgan fingerprint density at radius 3 is 2.60 bits per heavy atom. The Morgan fingerprint density at radius 2 is 1.96 bits per heavy atom. The van der Waals surface area contributed by atoms with Crippen LogP contribution in [0.3, 0.4) is 0 Å². The number of hydrogen-bond donors (Lipinski definition) is 1. The van der Waals surface area contributed by atoms with Crippen LogP contribution in [0.1, 0.15) is 52.2 Å². The molecule has 1 fully saturated rings. The molecule has 0 radical (unpaired) electrons. The third kappa shape index (κ3) is 3.34. The van der Waals surface area contributed by atoms with Crippen molar-refractivity contribution in [1.82, 2.24) is 4.98 Å². The van der Waals surface area contributed by atoms with E-state index in [4.69, 9.17) is 10.1 Å². The van der Waals surface area contributed by atoms with E-state index >= 15 is 0 Å². The summed E-state index contributed by atoms with van der Waals surface area (Å²) in [6.07, 6.45) is 9.78. The van der Waals surface area contributed by atoms with Crippen molar-refractivity contribution in [3.8, 4) is 0 Å². The predicted molar refractivity (Wildman–Crippen MR) is 101 cm³/mol. The molecule has 4 nitrogen and oxygen atoms in total. The summed E-state index contributed by atoms with van der Waals surface area (Å²) in [4.78, 5) is 6.30.